The maximum absolute atomic E-state index is 5.23. The van der Waals surface area contributed by atoms with Crippen LogP contribution >= 0.6 is 11.3 Å². The highest BCUT2D eigenvalue weighted by molar-refractivity contribution is 7.17. The molecule has 0 unspecified atom stereocenters. The minimum Gasteiger partial charge on any atom is -0.292 e. The summed E-state index contributed by atoms with van der Waals surface area (Å²) in [6, 6.07) is 32.7. The smallest absolute Gasteiger partial charge is 0.147 e. The lowest BCUT2D eigenvalue weighted by atomic mass is 9.88. The Labute approximate surface area is 216 Å². The molecule has 0 saturated heterocycles. The Kier molecular flexibility index (Phi) is 5.73. The van der Waals surface area contributed by atoms with Crippen molar-refractivity contribution in [2.24, 2.45) is 0 Å². The van der Waals surface area contributed by atoms with Crippen LogP contribution in [0.15, 0.2) is 96.4 Å². The van der Waals surface area contributed by atoms with E-state index in [0.29, 0.717) is 11.8 Å². The van der Waals surface area contributed by atoms with Gasteiger partial charge in [0.1, 0.15) is 5.82 Å². The number of benzene rings is 4. The van der Waals surface area contributed by atoms with Gasteiger partial charge >= 0.3 is 0 Å². The molecule has 2 aromatic heterocycles. The summed E-state index contributed by atoms with van der Waals surface area (Å²) in [5, 5.41) is 3.53. The highest BCUT2D eigenvalue weighted by atomic mass is 32.1. The number of imidazole rings is 1. The van der Waals surface area contributed by atoms with E-state index in [0.717, 1.165) is 16.9 Å². The van der Waals surface area contributed by atoms with Gasteiger partial charge in [0.05, 0.1) is 16.7 Å². The molecule has 6 aromatic rings. The van der Waals surface area contributed by atoms with Crippen molar-refractivity contribution in [1.82, 2.24) is 9.55 Å². The predicted octanol–water partition coefficient (Wildman–Crippen LogP) is 9.82. The molecule has 0 saturated carbocycles. The van der Waals surface area contributed by atoms with E-state index in [1.165, 1.54) is 43.6 Å². The molecule has 0 N–H and O–H groups in total. The molecule has 36 heavy (non-hydrogen) atoms. The summed E-state index contributed by atoms with van der Waals surface area (Å²) in [7, 11) is 0. The fraction of sp³-hybridized carbons (Fsp3) is 0.182. The van der Waals surface area contributed by atoms with E-state index < -0.39 is 0 Å². The number of hydrogen-bond donors (Lipinski definition) is 0. The van der Waals surface area contributed by atoms with Crippen molar-refractivity contribution in [3.63, 3.8) is 0 Å². The predicted molar refractivity (Wildman–Crippen MR) is 156 cm³/mol. The van der Waals surface area contributed by atoms with Gasteiger partial charge in [0.15, 0.2) is 0 Å². The summed E-state index contributed by atoms with van der Waals surface area (Å²) >= 11 is 1.79. The molecule has 0 bridgehead atoms. The van der Waals surface area contributed by atoms with Gasteiger partial charge in [-0.15, -0.1) is 11.3 Å². The van der Waals surface area contributed by atoms with Crippen molar-refractivity contribution >= 4 is 32.5 Å². The zero-order valence-corrected chi connectivity index (χ0v) is 22.0. The molecule has 0 aliphatic heterocycles. The van der Waals surface area contributed by atoms with Crippen LogP contribution < -0.4 is 0 Å². The molecule has 0 spiro atoms. The molecular formula is C33H30N2S. The summed E-state index contributed by atoms with van der Waals surface area (Å²) in [6.45, 7) is 9.21. The first-order valence-electron chi connectivity index (χ1n) is 12.7. The number of fused-ring (bicyclic) bond motifs is 2. The Morgan fingerprint density at radius 1 is 0.694 bits per heavy atom. The van der Waals surface area contributed by atoms with Crippen LogP contribution in [0.2, 0.25) is 0 Å². The van der Waals surface area contributed by atoms with Crippen molar-refractivity contribution in [1.29, 1.82) is 0 Å². The zero-order valence-electron chi connectivity index (χ0n) is 21.2. The van der Waals surface area contributed by atoms with E-state index >= 15 is 0 Å². The van der Waals surface area contributed by atoms with Gasteiger partial charge in [-0.05, 0) is 64.4 Å². The van der Waals surface area contributed by atoms with Crippen LogP contribution in [0, 0.1) is 0 Å². The summed E-state index contributed by atoms with van der Waals surface area (Å²) in [4.78, 5) is 5.23. The number of para-hydroxylation sites is 2. The highest BCUT2D eigenvalue weighted by Gasteiger charge is 2.24. The molecule has 0 aliphatic carbocycles. The molecule has 0 fully saturated rings. The van der Waals surface area contributed by atoms with E-state index in [4.69, 9.17) is 4.98 Å². The van der Waals surface area contributed by atoms with Gasteiger partial charge in [0.2, 0.25) is 0 Å². The van der Waals surface area contributed by atoms with Gasteiger partial charge in [-0.3, -0.25) is 4.57 Å². The summed E-state index contributed by atoms with van der Waals surface area (Å²) in [6.07, 6.45) is 0. The lowest BCUT2D eigenvalue weighted by molar-refractivity contribution is 0.812. The van der Waals surface area contributed by atoms with Gasteiger partial charge in [-0.2, -0.15) is 0 Å². The first kappa shape index (κ1) is 22.8. The van der Waals surface area contributed by atoms with E-state index in [1.54, 1.807) is 11.3 Å². The third-order valence-corrected chi connectivity index (χ3v) is 7.99. The fourth-order valence-electron chi connectivity index (χ4n) is 5.20. The first-order chi connectivity index (χ1) is 17.5. The zero-order chi connectivity index (χ0) is 24.8. The van der Waals surface area contributed by atoms with E-state index in [9.17, 15) is 0 Å². The van der Waals surface area contributed by atoms with Gasteiger partial charge in [0, 0.05) is 21.0 Å². The molecule has 178 valence electrons. The van der Waals surface area contributed by atoms with Crippen molar-refractivity contribution < 1.29 is 0 Å². The quantitative estimate of drug-likeness (QED) is 0.237. The molecule has 2 nitrogen and oxygen atoms in total. The fourth-order valence-corrected chi connectivity index (χ4v) is 6.14. The lowest BCUT2D eigenvalue weighted by Gasteiger charge is -2.24. The lowest BCUT2D eigenvalue weighted by Crippen LogP contribution is -2.09. The first-order valence-corrected chi connectivity index (χ1v) is 13.6. The molecule has 0 aliphatic rings. The number of rotatable bonds is 5. The summed E-state index contributed by atoms with van der Waals surface area (Å²) in [5.74, 6) is 1.73. The van der Waals surface area contributed by atoms with Crippen LogP contribution in [0.1, 0.15) is 50.7 Å². The molecule has 0 amide bonds. The number of thiophene rings is 1. The van der Waals surface area contributed by atoms with Crippen molar-refractivity contribution in [2.75, 3.05) is 0 Å². The number of hydrogen-bond acceptors (Lipinski definition) is 2. The molecule has 0 atom stereocenters. The molecule has 4 aromatic carbocycles. The van der Waals surface area contributed by atoms with Crippen LogP contribution in [-0.4, -0.2) is 9.55 Å². The summed E-state index contributed by atoms with van der Waals surface area (Å²) < 4.78 is 3.72. The summed E-state index contributed by atoms with van der Waals surface area (Å²) in [5.41, 5.74) is 9.89. The molecule has 3 heteroatoms. The maximum Gasteiger partial charge on any atom is 0.147 e. The van der Waals surface area contributed by atoms with E-state index in [2.05, 4.69) is 129 Å². The van der Waals surface area contributed by atoms with Gasteiger partial charge in [-0.25, -0.2) is 4.98 Å². The second kappa shape index (κ2) is 9.07. The van der Waals surface area contributed by atoms with Crippen molar-refractivity contribution in [3.05, 3.63) is 108 Å². The Hall–Kier alpha value is -3.69. The Balaban J connectivity index is 1.72. The second-order valence-electron chi connectivity index (χ2n) is 10.1. The molecule has 2 heterocycles. The average molecular weight is 487 g/mol. The minimum atomic E-state index is 0.356. The van der Waals surface area contributed by atoms with Gasteiger partial charge in [0.25, 0.3) is 0 Å². The highest BCUT2D eigenvalue weighted by Crippen LogP contribution is 2.42. The van der Waals surface area contributed by atoms with Gasteiger partial charge in [-0.1, -0.05) is 88.4 Å². The van der Waals surface area contributed by atoms with Crippen LogP contribution in [0.25, 0.3) is 49.3 Å². The van der Waals surface area contributed by atoms with E-state index in [1.807, 2.05) is 0 Å². The third-order valence-electron chi connectivity index (χ3n) is 7.03. The van der Waals surface area contributed by atoms with Crippen LogP contribution in [0.4, 0.5) is 0 Å². The van der Waals surface area contributed by atoms with Crippen LogP contribution in [0.5, 0.6) is 0 Å². The third kappa shape index (κ3) is 3.75. The SMILES string of the molecule is CC(C)c1cc(-c2ccccc2)cc(C(C)C)c1-n1c(-c2csc3ccccc23)nc2ccccc21. The molecule has 6 rings (SSSR count). The monoisotopic (exact) mass is 486 g/mol. The Morgan fingerprint density at radius 3 is 2.06 bits per heavy atom. The largest absolute Gasteiger partial charge is 0.292 e. The topological polar surface area (TPSA) is 17.8 Å². The minimum absolute atomic E-state index is 0.356. The Bertz CT molecular complexity index is 1660. The number of nitrogens with zero attached hydrogens (tertiary/aromatic N) is 2. The normalized spacial score (nSPS) is 11.8. The van der Waals surface area contributed by atoms with E-state index in [-0.39, 0.29) is 0 Å². The van der Waals surface area contributed by atoms with Gasteiger partial charge < -0.3 is 0 Å². The molecular weight excluding hydrogens is 456 g/mol. The van der Waals surface area contributed by atoms with Crippen molar-refractivity contribution in [3.8, 4) is 28.2 Å². The average Bonchev–Trinajstić information content (AvgIpc) is 3.49. The van der Waals surface area contributed by atoms with Crippen molar-refractivity contribution in [2.45, 2.75) is 39.5 Å². The maximum atomic E-state index is 5.23. The van der Waals surface area contributed by atoms with Crippen LogP contribution in [-0.2, 0) is 0 Å². The standard InChI is InChI=1S/C33H30N2S/c1-21(2)26-18-24(23-12-6-5-7-13-23)19-27(22(3)4)32(26)35-30-16-10-9-15-29(30)34-33(35)28-20-36-31-17-11-8-14-25(28)31/h5-22H,1-4H3. The number of aromatic nitrogens is 2. The second-order valence-corrected chi connectivity index (χ2v) is 11.0. The Morgan fingerprint density at radius 2 is 1.33 bits per heavy atom. The molecule has 0 radical (unpaired) electrons. The van der Waals surface area contributed by atoms with Crippen LogP contribution in [0.3, 0.4) is 0 Å².